The normalized spacial score (nSPS) is 11.4. The first kappa shape index (κ1) is 23.5. The second-order valence-corrected chi connectivity index (χ2v) is 8.74. The molecule has 0 unspecified atom stereocenters. The van der Waals surface area contributed by atoms with E-state index in [9.17, 15) is 0 Å². The summed E-state index contributed by atoms with van der Waals surface area (Å²) in [6.45, 7) is 0.728. The van der Waals surface area contributed by atoms with Gasteiger partial charge in [0.2, 0.25) is 0 Å². The maximum absolute atomic E-state index is 6.07. The van der Waals surface area contributed by atoms with Gasteiger partial charge in [0.1, 0.15) is 21.9 Å². The summed E-state index contributed by atoms with van der Waals surface area (Å²) in [5, 5.41) is 3.91. The number of aromatic nitrogens is 4. The van der Waals surface area contributed by atoms with Gasteiger partial charge in [-0.1, -0.05) is 88.9 Å². The molecule has 176 valence electrons. The number of ether oxygens (including phenoxy) is 2. The summed E-state index contributed by atoms with van der Waals surface area (Å²) >= 11 is 24.1. The molecular weight excluding hydrogens is 532 g/mol. The zero-order valence-corrected chi connectivity index (χ0v) is 20.8. The smallest absolute Gasteiger partial charge is 0.191 e. The SMILES string of the molecule is Clc1c(Cl)c(Cl)c2c(c1Cl)Oc1ccccc1O2.c1ccc(CNc2ncnc3nc[nH]c23)cc1. The van der Waals surface area contributed by atoms with Crippen molar-refractivity contribution >= 4 is 63.4 Å². The van der Waals surface area contributed by atoms with E-state index in [1.807, 2.05) is 30.3 Å². The third kappa shape index (κ3) is 4.81. The van der Waals surface area contributed by atoms with Crippen LogP contribution in [0.1, 0.15) is 5.56 Å². The van der Waals surface area contributed by atoms with E-state index in [0.29, 0.717) is 17.1 Å². The number of benzene rings is 3. The van der Waals surface area contributed by atoms with Crippen LogP contribution in [0.4, 0.5) is 5.82 Å². The van der Waals surface area contributed by atoms with Crippen molar-refractivity contribution in [2.45, 2.75) is 6.54 Å². The lowest BCUT2D eigenvalue weighted by molar-refractivity contribution is 0.360. The van der Waals surface area contributed by atoms with Crippen LogP contribution in [-0.4, -0.2) is 19.9 Å². The van der Waals surface area contributed by atoms with Crippen molar-refractivity contribution in [3.63, 3.8) is 0 Å². The zero-order valence-electron chi connectivity index (χ0n) is 17.7. The number of fused-ring (bicyclic) bond motifs is 3. The third-order valence-corrected chi connectivity index (χ3v) is 6.75. The summed E-state index contributed by atoms with van der Waals surface area (Å²) in [6, 6.07) is 17.3. The Labute approximate surface area is 220 Å². The standard InChI is InChI=1S/C12H4Cl4O2.C12H11N5/c13-7-8(14)10(16)12-11(9(7)15)17-5-3-1-2-4-6(5)18-12;1-2-4-9(5-3-1)6-13-11-10-12(15-7-14-10)17-8-16-11/h1-4H;1-5,7-8H,6H2,(H2,13,14,15,16,17). The van der Waals surface area contributed by atoms with Crippen LogP contribution in [-0.2, 0) is 6.54 Å². The van der Waals surface area contributed by atoms with Gasteiger partial charge < -0.3 is 19.8 Å². The summed E-state index contributed by atoms with van der Waals surface area (Å²) < 4.78 is 11.3. The van der Waals surface area contributed by atoms with Crippen molar-refractivity contribution in [3.05, 3.63) is 92.9 Å². The fourth-order valence-corrected chi connectivity index (χ4v) is 4.19. The fourth-order valence-electron chi connectivity index (χ4n) is 3.29. The molecule has 0 radical (unpaired) electrons. The van der Waals surface area contributed by atoms with E-state index in [4.69, 9.17) is 55.9 Å². The van der Waals surface area contributed by atoms with Crippen molar-refractivity contribution in [2.75, 3.05) is 5.32 Å². The molecule has 7 nitrogen and oxygen atoms in total. The molecule has 0 atom stereocenters. The molecule has 0 amide bonds. The zero-order chi connectivity index (χ0) is 24.4. The van der Waals surface area contributed by atoms with Gasteiger partial charge in [0, 0.05) is 6.54 Å². The largest absolute Gasteiger partial charge is 0.448 e. The van der Waals surface area contributed by atoms with Crippen LogP contribution in [0, 0.1) is 0 Å². The van der Waals surface area contributed by atoms with Crippen LogP contribution < -0.4 is 14.8 Å². The first-order valence-corrected chi connectivity index (χ1v) is 11.8. The predicted molar refractivity (Wildman–Crippen MR) is 139 cm³/mol. The van der Waals surface area contributed by atoms with Crippen LogP contribution in [0.15, 0.2) is 67.3 Å². The van der Waals surface area contributed by atoms with E-state index in [0.717, 1.165) is 17.9 Å². The Balaban J connectivity index is 0.000000145. The molecule has 2 aromatic heterocycles. The van der Waals surface area contributed by atoms with Gasteiger partial charge in [-0.3, -0.25) is 0 Å². The number of hydrogen-bond donors (Lipinski definition) is 2. The number of imidazole rings is 1. The fraction of sp³-hybridized carbons (Fsp3) is 0.0417. The van der Waals surface area contributed by atoms with Crippen molar-refractivity contribution in [3.8, 4) is 23.0 Å². The number of nitrogens with one attached hydrogen (secondary N) is 2. The lowest BCUT2D eigenvalue weighted by atomic mass is 10.2. The monoisotopic (exact) mass is 545 g/mol. The molecule has 6 rings (SSSR count). The third-order valence-electron chi connectivity index (χ3n) is 4.98. The van der Waals surface area contributed by atoms with Crippen LogP contribution in [0.25, 0.3) is 11.2 Å². The molecule has 2 N–H and O–H groups in total. The number of rotatable bonds is 3. The van der Waals surface area contributed by atoms with Gasteiger partial charge in [-0.25, -0.2) is 15.0 Å². The van der Waals surface area contributed by atoms with Gasteiger partial charge in [0.05, 0.1) is 16.4 Å². The molecule has 1 aliphatic heterocycles. The van der Waals surface area contributed by atoms with Gasteiger partial charge in [-0.15, -0.1) is 0 Å². The molecule has 3 aromatic carbocycles. The summed E-state index contributed by atoms with van der Waals surface area (Å²) in [7, 11) is 0. The molecule has 0 fully saturated rings. The number of para-hydroxylation sites is 2. The topological polar surface area (TPSA) is 84.9 Å². The van der Waals surface area contributed by atoms with Gasteiger partial charge in [-0.05, 0) is 17.7 Å². The van der Waals surface area contributed by atoms with Gasteiger partial charge >= 0.3 is 0 Å². The van der Waals surface area contributed by atoms with Crippen molar-refractivity contribution in [2.24, 2.45) is 0 Å². The van der Waals surface area contributed by atoms with Crippen molar-refractivity contribution in [1.29, 1.82) is 0 Å². The van der Waals surface area contributed by atoms with E-state index in [1.54, 1.807) is 18.5 Å². The number of anilines is 1. The van der Waals surface area contributed by atoms with Crippen LogP contribution in [0.2, 0.25) is 20.1 Å². The van der Waals surface area contributed by atoms with E-state index < -0.39 is 0 Å². The minimum absolute atomic E-state index is 0.144. The molecule has 0 saturated carbocycles. The van der Waals surface area contributed by atoms with E-state index in [-0.39, 0.29) is 31.6 Å². The number of aromatic amines is 1. The maximum Gasteiger partial charge on any atom is 0.191 e. The molecule has 0 spiro atoms. The number of halogens is 4. The summed E-state index contributed by atoms with van der Waals surface area (Å²) in [6.07, 6.45) is 3.13. The highest BCUT2D eigenvalue weighted by Crippen LogP contribution is 2.56. The Morgan fingerprint density at radius 2 is 1.31 bits per heavy atom. The first-order chi connectivity index (χ1) is 17.0. The summed E-state index contributed by atoms with van der Waals surface area (Å²) in [4.78, 5) is 15.4. The highest BCUT2D eigenvalue weighted by atomic mass is 35.5. The lowest BCUT2D eigenvalue weighted by Crippen LogP contribution is -2.02. The minimum Gasteiger partial charge on any atom is -0.448 e. The Bertz CT molecular complexity index is 1460. The Morgan fingerprint density at radius 1 is 0.714 bits per heavy atom. The number of nitrogens with zero attached hydrogens (tertiary/aromatic N) is 3. The van der Waals surface area contributed by atoms with Crippen LogP contribution >= 0.6 is 46.4 Å². The van der Waals surface area contributed by atoms with Gasteiger partial charge in [0.25, 0.3) is 0 Å². The molecule has 0 bridgehead atoms. The van der Waals surface area contributed by atoms with Gasteiger partial charge in [-0.2, -0.15) is 0 Å². The molecule has 1 aliphatic rings. The highest BCUT2D eigenvalue weighted by molar-refractivity contribution is 6.53. The average Bonchev–Trinajstić information content (AvgIpc) is 3.39. The molecule has 11 heteroatoms. The second-order valence-electron chi connectivity index (χ2n) is 7.23. The molecule has 5 aromatic rings. The molecule has 0 aliphatic carbocycles. The van der Waals surface area contributed by atoms with Crippen LogP contribution in [0.5, 0.6) is 23.0 Å². The molecule has 0 saturated heterocycles. The molecule has 35 heavy (non-hydrogen) atoms. The van der Waals surface area contributed by atoms with Crippen molar-refractivity contribution < 1.29 is 9.47 Å². The van der Waals surface area contributed by atoms with Crippen LogP contribution in [0.3, 0.4) is 0 Å². The highest BCUT2D eigenvalue weighted by Gasteiger charge is 2.28. The van der Waals surface area contributed by atoms with E-state index >= 15 is 0 Å². The van der Waals surface area contributed by atoms with Gasteiger partial charge in [0.15, 0.2) is 34.5 Å². The quantitative estimate of drug-likeness (QED) is 0.172. The lowest BCUT2D eigenvalue weighted by Gasteiger charge is -2.23. The predicted octanol–water partition coefficient (Wildman–Crippen LogP) is 8.16. The number of H-pyrrole nitrogens is 1. The average molecular weight is 547 g/mol. The van der Waals surface area contributed by atoms with E-state index in [1.165, 1.54) is 11.9 Å². The van der Waals surface area contributed by atoms with E-state index in [2.05, 4.69) is 37.4 Å². The minimum atomic E-state index is 0.144. The molecular formula is C24H15Cl4N5O2. The Morgan fingerprint density at radius 3 is 1.94 bits per heavy atom. The Hall–Kier alpha value is -3.23. The maximum atomic E-state index is 6.07. The Kier molecular flexibility index (Phi) is 6.83. The van der Waals surface area contributed by atoms with Crippen molar-refractivity contribution in [1.82, 2.24) is 19.9 Å². The summed E-state index contributed by atoms with van der Waals surface area (Å²) in [5.74, 6) is 2.41. The molecule has 3 heterocycles. The first-order valence-electron chi connectivity index (χ1n) is 10.3. The number of hydrogen-bond acceptors (Lipinski definition) is 6. The second kappa shape index (κ2) is 10.2. The summed E-state index contributed by atoms with van der Waals surface area (Å²) in [5.41, 5.74) is 2.72.